The molecule has 0 amide bonds. The summed E-state index contributed by atoms with van der Waals surface area (Å²) in [6, 6.07) is 5.40. The van der Waals surface area contributed by atoms with Gasteiger partial charge in [-0.15, -0.1) is 0 Å². The molecule has 1 heterocycles. The second-order valence-corrected chi connectivity index (χ2v) is 5.75. The number of fused-ring (bicyclic) bond motifs is 1. The molecule has 3 rings (SSSR count). The minimum atomic E-state index is -3.82. The van der Waals surface area contributed by atoms with Gasteiger partial charge in [0.25, 0.3) is 17.4 Å². The zero-order valence-corrected chi connectivity index (χ0v) is 12.0. The highest BCUT2D eigenvalue weighted by Gasteiger charge is 2.83. The standard InChI is InChI=1S/C12H12ClNO9/c13-6-4-2-1-3-5(6)9(14)7(15)10(16,17)11(18,19)8-12(9,20)22-23-21-8/h1-4,8,16-20H,14H2. The molecule has 0 aromatic heterocycles. The van der Waals surface area contributed by atoms with E-state index in [0.717, 1.165) is 0 Å². The topological polar surface area (TPSA) is 172 Å². The first-order chi connectivity index (χ1) is 10.5. The van der Waals surface area contributed by atoms with Crippen LogP contribution < -0.4 is 5.73 Å². The number of hydrogen-bond acceptors (Lipinski definition) is 10. The van der Waals surface area contributed by atoms with E-state index in [-0.39, 0.29) is 10.6 Å². The highest BCUT2D eigenvalue weighted by molar-refractivity contribution is 6.32. The molecular weight excluding hydrogens is 338 g/mol. The van der Waals surface area contributed by atoms with Gasteiger partial charge < -0.3 is 31.3 Å². The van der Waals surface area contributed by atoms with Crippen LogP contribution in [0.5, 0.6) is 0 Å². The van der Waals surface area contributed by atoms with Crippen molar-refractivity contribution >= 4 is 17.4 Å². The van der Waals surface area contributed by atoms with Gasteiger partial charge in [-0.3, -0.25) is 4.79 Å². The summed E-state index contributed by atoms with van der Waals surface area (Å²) >= 11 is 5.96. The number of nitrogens with two attached hydrogens (primary N) is 1. The molecule has 1 aliphatic heterocycles. The maximum atomic E-state index is 12.5. The van der Waals surface area contributed by atoms with E-state index in [0.29, 0.717) is 0 Å². The van der Waals surface area contributed by atoms with E-state index in [9.17, 15) is 30.3 Å². The van der Waals surface area contributed by atoms with Crippen LogP contribution >= 0.6 is 11.6 Å². The SMILES string of the molecule is NC1(c2ccccc2Cl)C(=O)C(O)(O)C(O)(O)C2OOOC21O. The lowest BCUT2D eigenvalue weighted by atomic mass is 9.65. The van der Waals surface area contributed by atoms with Gasteiger partial charge in [0.1, 0.15) is 0 Å². The Morgan fingerprint density at radius 1 is 1.13 bits per heavy atom. The number of halogens is 1. The lowest BCUT2D eigenvalue weighted by Crippen LogP contribution is -2.85. The number of benzene rings is 1. The quantitative estimate of drug-likeness (QED) is 0.233. The first-order valence-electron chi connectivity index (χ1n) is 6.23. The summed E-state index contributed by atoms with van der Waals surface area (Å²) < 4.78 is 0. The predicted octanol–water partition coefficient (Wildman–Crippen LogP) is -2.61. The molecule has 1 aromatic carbocycles. The summed E-state index contributed by atoms with van der Waals surface area (Å²) in [5.74, 6) is -12.3. The Labute approximate surface area is 133 Å². The monoisotopic (exact) mass is 349 g/mol. The summed E-state index contributed by atoms with van der Waals surface area (Å²) in [5, 5.41) is 54.1. The smallest absolute Gasteiger partial charge is 0.285 e. The molecule has 11 heteroatoms. The summed E-state index contributed by atoms with van der Waals surface area (Å²) in [7, 11) is 0. The van der Waals surface area contributed by atoms with Crippen molar-refractivity contribution in [2.75, 3.05) is 0 Å². The van der Waals surface area contributed by atoms with E-state index in [1.807, 2.05) is 0 Å². The fourth-order valence-electron chi connectivity index (χ4n) is 2.72. The first-order valence-corrected chi connectivity index (χ1v) is 6.61. The van der Waals surface area contributed by atoms with Crippen LogP contribution in [0.3, 0.4) is 0 Å². The summed E-state index contributed by atoms with van der Waals surface area (Å²) in [6.45, 7) is 0. The minimum Gasteiger partial charge on any atom is -0.359 e. The number of ketones is 1. The van der Waals surface area contributed by atoms with E-state index in [1.54, 1.807) is 0 Å². The molecule has 3 unspecified atom stereocenters. The van der Waals surface area contributed by atoms with Gasteiger partial charge in [0.05, 0.1) is 0 Å². The second kappa shape index (κ2) is 4.68. The van der Waals surface area contributed by atoms with Crippen molar-refractivity contribution in [2.24, 2.45) is 5.73 Å². The number of hydrogen-bond donors (Lipinski definition) is 6. The molecule has 1 aromatic rings. The van der Waals surface area contributed by atoms with Crippen molar-refractivity contribution in [1.29, 1.82) is 0 Å². The molecule has 0 bridgehead atoms. The Hall–Kier alpha value is -1.18. The Morgan fingerprint density at radius 3 is 2.35 bits per heavy atom. The average molecular weight is 350 g/mol. The Balaban J connectivity index is 2.32. The van der Waals surface area contributed by atoms with Crippen molar-refractivity contribution in [3.63, 3.8) is 0 Å². The number of Topliss-reactive ketones (excluding diaryl/α,β-unsaturated/α-hetero) is 1. The molecule has 0 radical (unpaired) electrons. The summed E-state index contributed by atoms with van der Waals surface area (Å²) in [5.41, 5.74) is 2.89. The third-order valence-corrected chi connectivity index (χ3v) is 4.40. The Morgan fingerprint density at radius 2 is 1.74 bits per heavy atom. The first kappa shape index (κ1) is 16.7. The van der Waals surface area contributed by atoms with Gasteiger partial charge in [-0.2, -0.15) is 9.78 Å². The zero-order valence-electron chi connectivity index (χ0n) is 11.2. The van der Waals surface area contributed by atoms with Crippen LogP contribution in [0.15, 0.2) is 24.3 Å². The average Bonchev–Trinajstić information content (AvgIpc) is 2.89. The lowest BCUT2D eigenvalue weighted by molar-refractivity contribution is -0.495. The highest BCUT2D eigenvalue weighted by Crippen LogP contribution is 2.52. The Kier molecular flexibility index (Phi) is 3.39. The normalized spacial score (nSPS) is 38.4. The van der Waals surface area contributed by atoms with E-state index < -0.39 is 34.8 Å². The molecular formula is C12H12ClNO9. The van der Waals surface area contributed by atoms with Crippen molar-refractivity contribution in [3.05, 3.63) is 34.9 Å². The van der Waals surface area contributed by atoms with Gasteiger partial charge >= 0.3 is 0 Å². The second-order valence-electron chi connectivity index (χ2n) is 5.34. The maximum Gasteiger partial charge on any atom is 0.285 e. The van der Waals surface area contributed by atoms with Crippen LogP contribution in [0.4, 0.5) is 0 Å². The molecule has 7 N–H and O–H groups in total. The highest BCUT2D eigenvalue weighted by atomic mass is 35.5. The van der Waals surface area contributed by atoms with Crippen LogP contribution in [-0.2, 0) is 25.1 Å². The largest absolute Gasteiger partial charge is 0.359 e. The van der Waals surface area contributed by atoms with Crippen LogP contribution in [0.25, 0.3) is 0 Å². The van der Waals surface area contributed by atoms with Crippen LogP contribution in [-0.4, -0.2) is 54.8 Å². The third kappa shape index (κ3) is 1.76. The minimum absolute atomic E-state index is 0.134. The Bertz CT molecular complexity index is 680. The van der Waals surface area contributed by atoms with Crippen LogP contribution in [0.1, 0.15) is 5.56 Å². The van der Waals surface area contributed by atoms with Gasteiger partial charge in [0.2, 0.25) is 11.9 Å². The molecule has 2 fully saturated rings. The fraction of sp³-hybridized carbons (Fsp3) is 0.417. The molecule has 1 saturated heterocycles. The van der Waals surface area contributed by atoms with Gasteiger partial charge in [-0.1, -0.05) is 34.8 Å². The molecule has 23 heavy (non-hydrogen) atoms. The molecule has 0 spiro atoms. The molecule has 2 aliphatic rings. The number of rotatable bonds is 1. The molecule has 3 atom stereocenters. The van der Waals surface area contributed by atoms with Gasteiger partial charge in [0.15, 0.2) is 5.54 Å². The van der Waals surface area contributed by atoms with Gasteiger partial charge in [-0.25, -0.2) is 0 Å². The van der Waals surface area contributed by atoms with Crippen molar-refractivity contribution in [3.8, 4) is 0 Å². The van der Waals surface area contributed by atoms with Gasteiger partial charge in [-0.05, 0) is 6.07 Å². The number of carbonyl (C=O) groups excluding carboxylic acids is 1. The van der Waals surface area contributed by atoms with Crippen molar-refractivity contribution in [2.45, 2.75) is 29.0 Å². The van der Waals surface area contributed by atoms with Crippen LogP contribution in [0, 0.1) is 0 Å². The molecule has 1 aliphatic carbocycles. The van der Waals surface area contributed by atoms with E-state index in [2.05, 4.69) is 14.8 Å². The fourth-order valence-corrected chi connectivity index (χ4v) is 3.00. The molecule has 10 nitrogen and oxygen atoms in total. The summed E-state index contributed by atoms with van der Waals surface area (Å²) in [4.78, 5) is 21.3. The molecule has 1 saturated carbocycles. The van der Waals surface area contributed by atoms with Crippen molar-refractivity contribution < 1.29 is 45.1 Å². The van der Waals surface area contributed by atoms with Crippen molar-refractivity contribution in [1.82, 2.24) is 0 Å². The third-order valence-electron chi connectivity index (χ3n) is 4.07. The predicted molar refractivity (Wildman–Crippen MR) is 68.7 cm³/mol. The maximum absolute atomic E-state index is 12.5. The lowest BCUT2D eigenvalue weighted by Gasteiger charge is -2.52. The number of aliphatic hydroxyl groups is 5. The molecule has 126 valence electrons. The number of carbonyl (C=O) groups is 1. The van der Waals surface area contributed by atoms with E-state index in [1.165, 1.54) is 24.3 Å². The van der Waals surface area contributed by atoms with Gasteiger partial charge in [0, 0.05) is 10.6 Å². The van der Waals surface area contributed by atoms with E-state index in [4.69, 9.17) is 17.3 Å². The summed E-state index contributed by atoms with van der Waals surface area (Å²) in [6.07, 6.45) is -2.37. The van der Waals surface area contributed by atoms with Crippen LogP contribution in [0.2, 0.25) is 5.02 Å². The zero-order chi connectivity index (χ0) is 17.3. The van der Waals surface area contributed by atoms with E-state index >= 15 is 0 Å².